The zero-order valence-electron chi connectivity index (χ0n) is 32.2. The molecule has 0 aliphatic heterocycles. The van der Waals surface area contributed by atoms with E-state index in [9.17, 15) is 0 Å². The van der Waals surface area contributed by atoms with E-state index in [1.807, 2.05) is 29.0 Å². The maximum absolute atomic E-state index is 6.52. The van der Waals surface area contributed by atoms with Gasteiger partial charge in [-0.05, 0) is 80.7 Å². The van der Waals surface area contributed by atoms with Gasteiger partial charge >= 0.3 is 0 Å². The number of para-hydroxylation sites is 2. The van der Waals surface area contributed by atoms with E-state index < -0.39 is 0 Å². The molecule has 0 bridgehead atoms. The smallest absolute Gasteiger partial charge is 0.268 e. The number of ether oxygens (including phenoxy) is 1. The second-order valence-electron chi connectivity index (χ2n) is 16.1. The summed E-state index contributed by atoms with van der Waals surface area (Å²) in [6, 6.07) is 49.4. The molecule has 0 atom stereocenters. The van der Waals surface area contributed by atoms with E-state index in [2.05, 4.69) is 177 Å². The fourth-order valence-electron chi connectivity index (χ4n) is 7.23. The summed E-state index contributed by atoms with van der Waals surface area (Å²) < 4.78 is 12.8. The van der Waals surface area contributed by atoms with Crippen LogP contribution in [0.15, 0.2) is 140 Å². The Kier molecular flexibility index (Phi) is 9.50. The molecule has 0 saturated carbocycles. The summed E-state index contributed by atoms with van der Waals surface area (Å²) in [5, 5.41) is 2.18. The first-order valence-corrected chi connectivity index (χ1v) is 18.7. The zero-order chi connectivity index (χ0) is 37.9. The van der Waals surface area contributed by atoms with Crippen molar-refractivity contribution in [2.45, 2.75) is 52.4 Å². The summed E-state index contributed by atoms with van der Waals surface area (Å²) in [4.78, 5) is 9.47. The molecule has 0 fully saturated rings. The molecule has 4 heterocycles. The molecule has 0 radical (unpaired) electrons. The van der Waals surface area contributed by atoms with Crippen molar-refractivity contribution in [2.24, 2.45) is 0 Å². The molecule has 280 valence electrons. The zero-order valence-corrected chi connectivity index (χ0v) is 34.5. The Morgan fingerprint density at radius 2 is 1.39 bits per heavy atom. The SMILES string of the molecule is CC(C)(C)c1cccc(-[n+]2[c-]n(-c3[c-]c(Oc4[c-]c5c(cc4)c4cc(-c6ccccc6)ccc4n5-c4cc(C(C)(C)C)ccn4)cnc3)c3ccccc32)c1.[Pt]. The number of aromatic nitrogens is 5. The molecule has 0 unspecified atom stereocenters. The molecule has 4 aromatic heterocycles. The van der Waals surface area contributed by atoms with Gasteiger partial charge in [0.05, 0.1) is 16.7 Å². The number of hydrogen-bond acceptors (Lipinski definition) is 3. The van der Waals surface area contributed by atoms with Crippen LogP contribution in [0.5, 0.6) is 11.5 Å². The Hall–Kier alpha value is -5.84. The predicted octanol–water partition coefficient (Wildman–Crippen LogP) is 11.2. The molecular weight excluding hydrogens is 870 g/mol. The fraction of sp³-hybridized carbons (Fsp3) is 0.163. The van der Waals surface area contributed by atoms with Gasteiger partial charge in [0, 0.05) is 44.3 Å². The van der Waals surface area contributed by atoms with Gasteiger partial charge in [-0.3, -0.25) is 4.57 Å². The van der Waals surface area contributed by atoms with E-state index in [-0.39, 0.29) is 31.9 Å². The van der Waals surface area contributed by atoms with Crippen LogP contribution in [0.4, 0.5) is 0 Å². The molecule has 0 spiro atoms. The molecule has 9 rings (SSSR count). The van der Waals surface area contributed by atoms with E-state index in [1.165, 1.54) is 16.7 Å². The van der Waals surface area contributed by atoms with Gasteiger partial charge in [0.15, 0.2) is 0 Å². The van der Waals surface area contributed by atoms with Gasteiger partial charge in [-0.2, -0.15) is 6.07 Å². The van der Waals surface area contributed by atoms with Crippen LogP contribution in [0.2, 0.25) is 0 Å². The third-order valence-corrected chi connectivity index (χ3v) is 10.2. The predicted molar refractivity (Wildman–Crippen MR) is 221 cm³/mol. The molecule has 5 aromatic carbocycles. The van der Waals surface area contributed by atoms with Gasteiger partial charge in [0.1, 0.15) is 5.82 Å². The number of benzene rings is 5. The van der Waals surface area contributed by atoms with Crippen molar-refractivity contribution in [1.29, 1.82) is 0 Å². The van der Waals surface area contributed by atoms with Crippen molar-refractivity contribution < 1.29 is 30.4 Å². The Morgan fingerprint density at radius 3 is 2.20 bits per heavy atom. The number of hydrogen-bond donors (Lipinski definition) is 0. The van der Waals surface area contributed by atoms with Crippen LogP contribution in [-0.2, 0) is 31.9 Å². The molecule has 0 saturated heterocycles. The summed E-state index contributed by atoms with van der Waals surface area (Å²) in [7, 11) is 0. The van der Waals surface area contributed by atoms with E-state index in [0.29, 0.717) is 17.2 Å². The molecule has 0 aliphatic carbocycles. The Balaban J connectivity index is 0.00000441. The van der Waals surface area contributed by atoms with Crippen LogP contribution < -0.4 is 9.30 Å². The van der Waals surface area contributed by atoms with Crippen LogP contribution >= 0.6 is 0 Å². The monoisotopic (exact) mass is 910 g/mol. The van der Waals surface area contributed by atoms with Crippen molar-refractivity contribution in [3.05, 3.63) is 170 Å². The quantitative estimate of drug-likeness (QED) is 0.123. The second kappa shape index (κ2) is 14.3. The minimum absolute atomic E-state index is 0. The first kappa shape index (κ1) is 37.1. The van der Waals surface area contributed by atoms with Crippen LogP contribution in [0.1, 0.15) is 52.7 Å². The van der Waals surface area contributed by atoms with Crippen molar-refractivity contribution in [3.8, 4) is 39.8 Å². The normalized spacial score (nSPS) is 12.0. The first-order chi connectivity index (χ1) is 26.5. The third kappa shape index (κ3) is 6.84. The van der Waals surface area contributed by atoms with E-state index in [4.69, 9.17) is 9.72 Å². The van der Waals surface area contributed by atoms with E-state index in [0.717, 1.165) is 49.9 Å². The van der Waals surface area contributed by atoms with Gasteiger partial charge in [0.2, 0.25) is 0 Å². The summed E-state index contributed by atoms with van der Waals surface area (Å²) in [6.07, 6.45) is 8.94. The van der Waals surface area contributed by atoms with Gasteiger partial charge in [-0.15, -0.1) is 23.6 Å². The maximum atomic E-state index is 6.52. The Bertz CT molecular complexity index is 2880. The average molecular weight is 911 g/mol. The Morgan fingerprint density at radius 1 is 0.625 bits per heavy atom. The van der Waals surface area contributed by atoms with Crippen molar-refractivity contribution in [3.63, 3.8) is 0 Å². The minimum atomic E-state index is -0.0407. The second-order valence-corrected chi connectivity index (χ2v) is 16.1. The molecule has 0 aliphatic rings. The van der Waals surface area contributed by atoms with Gasteiger partial charge in [0.25, 0.3) is 6.33 Å². The van der Waals surface area contributed by atoms with E-state index >= 15 is 0 Å². The first-order valence-electron chi connectivity index (χ1n) is 18.7. The Labute approximate surface area is 342 Å². The molecule has 0 N–H and O–H groups in total. The fourth-order valence-corrected chi connectivity index (χ4v) is 7.23. The molecule has 56 heavy (non-hydrogen) atoms. The summed E-state index contributed by atoms with van der Waals surface area (Å²) in [5.41, 5.74) is 10.5. The number of rotatable bonds is 6. The molecule has 7 heteroatoms. The number of nitrogens with zero attached hydrogens (tertiary/aromatic N) is 5. The number of fused-ring (bicyclic) bond motifs is 4. The number of pyridine rings is 2. The summed E-state index contributed by atoms with van der Waals surface area (Å²) in [6.45, 7) is 13.4. The van der Waals surface area contributed by atoms with Crippen LogP contribution in [0, 0.1) is 18.5 Å². The molecule has 6 nitrogen and oxygen atoms in total. The van der Waals surface area contributed by atoms with Crippen molar-refractivity contribution in [2.75, 3.05) is 0 Å². The van der Waals surface area contributed by atoms with Crippen LogP contribution in [-0.4, -0.2) is 19.1 Å². The van der Waals surface area contributed by atoms with Gasteiger partial charge in [-0.1, -0.05) is 132 Å². The third-order valence-electron chi connectivity index (χ3n) is 10.2. The van der Waals surface area contributed by atoms with Crippen LogP contribution in [0.25, 0.3) is 61.2 Å². The summed E-state index contributed by atoms with van der Waals surface area (Å²) >= 11 is 0. The van der Waals surface area contributed by atoms with Crippen molar-refractivity contribution >= 4 is 32.8 Å². The molecule has 9 aromatic rings. The number of imidazole rings is 1. The van der Waals surface area contributed by atoms with Gasteiger partial charge < -0.3 is 18.9 Å². The van der Waals surface area contributed by atoms with Crippen LogP contribution in [0.3, 0.4) is 0 Å². The topological polar surface area (TPSA) is 48.8 Å². The average Bonchev–Trinajstić information content (AvgIpc) is 3.74. The maximum Gasteiger partial charge on any atom is 0.268 e. The van der Waals surface area contributed by atoms with E-state index in [1.54, 1.807) is 12.4 Å². The molecular formula is C49H41N5OPt-2. The van der Waals surface area contributed by atoms with Gasteiger partial charge in [-0.25, -0.2) is 4.98 Å². The standard InChI is InChI=1S/C49H41N5O.Pt/c1-48(2,3)35-15-12-16-37(26-35)52-32-53(45-18-11-10-17-44(45)52)38-28-40(31-50-30-38)55-39-20-21-41-42-25-34(33-13-8-7-9-14-33)19-22-43(42)54(46(41)29-39)47-27-36(23-24-51-47)49(4,5)6;/h7-27,30-31H,1-6H3;/q-2;. The summed E-state index contributed by atoms with van der Waals surface area (Å²) in [5.74, 6) is 1.86. The molecule has 0 amide bonds. The van der Waals surface area contributed by atoms with Crippen molar-refractivity contribution in [1.82, 2.24) is 19.1 Å². The minimum Gasteiger partial charge on any atom is -0.508 e. The largest absolute Gasteiger partial charge is 0.508 e.